The van der Waals surface area contributed by atoms with E-state index in [2.05, 4.69) is 5.32 Å². The molecule has 3 aromatic rings. The summed E-state index contributed by atoms with van der Waals surface area (Å²) in [5, 5.41) is 14.1. The van der Waals surface area contributed by atoms with E-state index in [-0.39, 0.29) is 11.3 Å². The summed E-state index contributed by atoms with van der Waals surface area (Å²) in [4.78, 5) is 25.2. The highest BCUT2D eigenvalue weighted by molar-refractivity contribution is 6.05. The molecule has 0 aromatic heterocycles. The zero-order chi connectivity index (χ0) is 19.3. The number of carbonyl (C=O) groups is 2. The number of hydrogen-bond acceptors (Lipinski definition) is 4. The summed E-state index contributed by atoms with van der Waals surface area (Å²) in [5.74, 6) is -1.25. The predicted octanol–water partition coefficient (Wildman–Crippen LogP) is 3.35. The molecular weight excluding hydrogens is 342 g/mol. The van der Waals surface area contributed by atoms with Crippen LogP contribution in [0.5, 0.6) is 0 Å². The lowest BCUT2D eigenvalue weighted by Crippen LogP contribution is -2.41. The zero-order valence-corrected chi connectivity index (χ0v) is 14.8. The van der Waals surface area contributed by atoms with E-state index in [0.29, 0.717) is 11.1 Å². The summed E-state index contributed by atoms with van der Waals surface area (Å²) in [6.07, 6.45) is 0. The molecule has 0 saturated carbocycles. The first-order valence-corrected chi connectivity index (χ1v) is 8.39. The van der Waals surface area contributed by atoms with Crippen LogP contribution >= 0.6 is 0 Å². The quantitative estimate of drug-likeness (QED) is 0.684. The molecule has 136 valence electrons. The molecule has 0 aliphatic rings. The van der Waals surface area contributed by atoms with E-state index < -0.39 is 17.5 Å². The average Bonchev–Trinajstić information content (AvgIpc) is 2.74. The van der Waals surface area contributed by atoms with Crippen molar-refractivity contribution in [1.82, 2.24) is 0 Å². The summed E-state index contributed by atoms with van der Waals surface area (Å²) < 4.78 is 4.76. The van der Waals surface area contributed by atoms with Crippen LogP contribution in [0.2, 0.25) is 0 Å². The third-order valence-corrected chi connectivity index (χ3v) is 4.29. The van der Waals surface area contributed by atoms with Crippen LogP contribution in [0.1, 0.15) is 21.5 Å². The second kappa shape index (κ2) is 7.85. The summed E-state index contributed by atoms with van der Waals surface area (Å²) in [5.41, 5.74) is -0.615. The van der Waals surface area contributed by atoms with E-state index in [1.54, 1.807) is 84.9 Å². The predicted molar refractivity (Wildman–Crippen MR) is 102 cm³/mol. The number of esters is 1. The van der Waals surface area contributed by atoms with Crippen molar-refractivity contribution in [3.63, 3.8) is 0 Å². The molecule has 0 spiro atoms. The zero-order valence-electron chi connectivity index (χ0n) is 14.8. The van der Waals surface area contributed by atoms with Crippen LogP contribution in [0.3, 0.4) is 0 Å². The van der Waals surface area contributed by atoms with E-state index in [9.17, 15) is 14.7 Å². The molecule has 5 heteroatoms. The van der Waals surface area contributed by atoms with Crippen LogP contribution in [0, 0.1) is 0 Å². The number of benzene rings is 3. The van der Waals surface area contributed by atoms with Crippen molar-refractivity contribution in [2.24, 2.45) is 0 Å². The van der Waals surface area contributed by atoms with Gasteiger partial charge in [-0.3, -0.25) is 4.79 Å². The lowest BCUT2D eigenvalue weighted by molar-refractivity contribution is -0.131. The van der Waals surface area contributed by atoms with E-state index in [1.807, 2.05) is 0 Å². The number of amides is 1. The number of ether oxygens (including phenoxy) is 1. The highest BCUT2D eigenvalue weighted by Gasteiger charge is 2.40. The maximum atomic E-state index is 13.2. The Bertz CT molecular complexity index is 899. The minimum Gasteiger partial charge on any atom is -0.465 e. The standard InChI is InChI=1S/C22H19NO4/c1-27-20(24)18-14-8-9-15-19(18)23-21(25)22(26,16-10-4-2-5-11-16)17-12-6-3-7-13-17/h2-15,26H,1H3,(H,23,25). The maximum Gasteiger partial charge on any atom is 0.339 e. The average molecular weight is 361 g/mol. The number of rotatable bonds is 5. The lowest BCUT2D eigenvalue weighted by atomic mass is 9.85. The second-order valence-electron chi connectivity index (χ2n) is 5.93. The number of nitrogens with one attached hydrogen (secondary N) is 1. The Hall–Kier alpha value is -3.44. The molecule has 0 radical (unpaired) electrons. The molecule has 0 atom stereocenters. The first-order chi connectivity index (χ1) is 13.1. The van der Waals surface area contributed by atoms with Gasteiger partial charge in [-0.25, -0.2) is 4.79 Å². The first-order valence-electron chi connectivity index (χ1n) is 8.39. The smallest absolute Gasteiger partial charge is 0.339 e. The molecule has 3 rings (SSSR count). The largest absolute Gasteiger partial charge is 0.465 e. The molecule has 27 heavy (non-hydrogen) atoms. The molecule has 1 amide bonds. The summed E-state index contributed by atoms with van der Waals surface area (Å²) >= 11 is 0. The Labute approximate surface area is 157 Å². The number of hydrogen-bond donors (Lipinski definition) is 2. The molecule has 5 nitrogen and oxygen atoms in total. The normalized spacial score (nSPS) is 10.9. The van der Waals surface area contributed by atoms with Gasteiger partial charge in [0.15, 0.2) is 5.60 Å². The molecule has 0 fully saturated rings. The Morgan fingerprint density at radius 3 is 1.81 bits per heavy atom. The van der Waals surface area contributed by atoms with Gasteiger partial charge in [0.25, 0.3) is 5.91 Å². The Morgan fingerprint density at radius 2 is 1.30 bits per heavy atom. The summed E-state index contributed by atoms with van der Waals surface area (Å²) in [6, 6.07) is 23.8. The third kappa shape index (κ3) is 3.59. The Kier molecular flexibility index (Phi) is 5.33. The molecule has 0 aliphatic heterocycles. The molecule has 2 N–H and O–H groups in total. The van der Waals surface area contributed by atoms with E-state index >= 15 is 0 Å². The number of methoxy groups -OCH3 is 1. The highest BCUT2D eigenvalue weighted by Crippen LogP contribution is 2.31. The molecule has 0 aliphatic carbocycles. The molecule has 0 bridgehead atoms. The lowest BCUT2D eigenvalue weighted by Gasteiger charge is -2.28. The fraction of sp³-hybridized carbons (Fsp3) is 0.0909. The van der Waals surface area contributed by atoms with Gasteiger partial charge in [-0.2, -0.15) is 0 Å². The number of carbonyl (C=O) groups excluding carboxylic acids is 2. The van der Waals surface area contributed by atoms with Crippen LogP contribution in [-0.4, -0.2) is 24.1 Å². The molecule has 3 aromatic carbocycles. The van der Waals surface area contributed by atoms with Crippen molar-refractivity contribution in [3.8, 4) is 0 Å². The van der Waals surface area contributed by atoms with Gasteiger partial charge >= 0.3 is 5.97 Å². The van der Waals surface area contributed by atoms with E-state index in [0.717, 1.165) is 0 Å². The van der Waals surface area contributed by atoms with Gasteiger partial charge in [0, 0.05) is 0 Å². The minimum atomic E-state index is -1.92. The van der Waals surface area contributed by atoms with Crippen LogP contribution in [0.25, 0.3) is 0 Å². The van der Waals surface area contributed by atoms with Gasteiger partial charge in [0.05, 0.1) is 18.4 Å². The summed E-state index contributed by atoms with van der Waals surface area (Å²) in [6.45, 7) is 0. The number of anilines is 1. The molecular formula is C22H19NO4. The van der Waals surface area contributed by atoms with Crippen LogP contribution in [-0.2, 0) is 15.1 Å². The Morgan fingerprint density at radius 1 is 0.815 bits per heavy atom. The van der Waals surface area contributed by atoms with Crippen molar-refractivity contribution >= 4 is 17.6 Å². The fourth-order valence-electron chi connectivity index (χ4n) is 2.88. The van der Waals surface area contributed by atoms with Gasteiger partial charge in [-0.05, 0) is 23.3 Å². The van der Waals surface area contributed by atoms with Crippen molar-refractivity contribution in [2.75, 3.05) is 12.4 Å². The number of para-hydroxylation sites is 1. The van der Waals surface area contributed by atoms with Crippen LogP contribution in [0.15, 0.2) is 84.9 Å². The minimum absolute atomic E-state index is 0.205. The monoisotopic (exact) mass is 361 g/mol. The Balaban J connectivity index is 2.05. The van der Waals surface area contributed by atoms with Crippen molar-refractivity contribution in [2.45, 2.75) is 5.60 Å². The van der Waals surface area contributed by atoms with Crippen molar-refractivity contribution < 1.29 is 19.4 Å². The number of aliphatic hydroxyl groups is 1. The van der Waals surface area contributed by atoms with Gasteiger partial charge < -0.3 is 15.2 Å². The van der Waals surface area contributed by atoms with Gasteiger partial charge in [-0.15, -0.1) is 0 Å². The second-order valence-corrected chi connectivity index (χ2v) is 5.93. The maximum absolute atomic E-state index is 13.2. The van der Waals surface area contributed by atoms with Gasteiger partial charge in [0.1, 0.15) is 0 Å². The van der Waals surface area contributed by atoms with Crippen LogP contribution in [0.4, 0.5) is 5.69 Å². The summed E-state index contributed by atoms with van der Waals surface area (Å²) in [7, 11) is 1.27. The van der Waals surface area contributed by atoms with Gasteiger partial charge in [-0.1, -0.05) is 72.8 Å². The molecule has 0 heterocycles. The van der Waals surface area contributed by atoms with Crippen molar-refractivity contribution in [3.05, 3.63) is 102 Å². The topological polar surface area (TPSA) is 75.6 Å². The third-order valence-electron chi connectivity index (χ3n) is 4.29. The highest BCUT2D eigenvalue weighted by atomic mass is 16.5. The molecule has 0 saturated heterocycles. The van der Waals surface area contributed by atoms with E-state index in [4.69, 9.17) is 4.74 Å². The SMILES string of the molecule is COC(=O)c1ccccc1NC(=O)C(O)(c1ccccc1)c1ccccc1. The van der Waals surface area contributed by atoms with Gasteiger partial charge in [0.2, 0.25) is 0 Å². The van der Waals surface area contributed by atoms with Crippen LogP contribution < -0.4 is 5.32 Å². The fourth-order valence-corrected chi connectivity index (χ4v) is 2.88. The first kappa shape index (κ1) is 18.4. The molecule has 0 unspecified atom stereocenters. The van der Waals surface area contributed by atoms with Crippen molar-refractivity contribution in [1.29, 1.82) is 0 Å². The van der Waals surface area contributed by atoms with E-state index in [1.165, 1.54) is 7.11 Å².